The minimum absolute atomic E-state index is 0.290. The molecule has 0 spiro atoms. The van der Waals surface area contributed by atoms with E-state index >= 15 is 0 Å². The molecule has 1 saturated heterocycles. The van der Waals surface area contributed by atoms with Crippen molar-refractivity contribution in [3.8, 4) is 0 Å². The van der Waals surface area contributed by atoms with Crippen molar-refractivity contribution < 1.29 is 64.6 Å². The summed E-state index contributed by atoms with van der Waals surface area (Å²) in [5.41, 5.74) is -0.593. The van der Waals surface area contributed by atoms with E-state index in [1.807, 2.05) is 6.92 Å². The van der Waals surface area contributed by atoms with E-state index in [1.54, 1.807) is 0 Å². The summed E-state index contributed by atoms with van der Waals surface area (Å²) in [6.07, 6.45) is 4.20. The summed E-state index contributed by atoms with van der Waals surface area (Å²) < 4.78 is 83.7. The van der Waals surface area contributed by atoms with Gasteiger partial charge < -0.3 is 28.2 Å². The van der Waals surface area contributed by atoms with Crippen LogP contribution in [0.5, 0.6) is 0 Å². The number of hydrogen-bond donors (Lipinski definition) is 0. The fraction of sp³-hybridized carbons (Fsp3) is 0.846. The molecular formula is C26H31F2O12S-. The molecular weight excluding hydrogens is 574 g/mol. The molecule has 41 heavy (non-hydrogen) atoms. The third-order valence-electron chi connectivity index (χ3n) is 10.4. The Balaban J connectivity index is 1.04. The minimum atomic E-state index is -6.03. The van der Waals surface area contributed by atoms with Crippen LogP contribution >= 0.6 is 0 Å². The van der Waals surface area contributed by atoms with Gasteiger partial charge >= 0.3 is 29.1 Å². The van der Waals surface area contributed by atoms with E-state index in [0.717, 1.165) is 25.7 Å². The zero-order valence-corrected chi connectivity index (χ0v) is 23.0. The van der Waals surface area contributed by atoms with Crippen molar-refractivity contribution in [2.75, 3.05) is 19.8 Å². The van der Waals surface area contributed by atoms with Crippen LogP contribution in [0.4, 0.5) is 8.78 Å². The molecule has 6 saturated carbocycles. The molecule has 0 N–H and O–H groups in total. The van der Waals surface area contributed by atoms with Gasteiger partial charge in [-0.15, -0.1) is 0 Å². The monoisotopic (exact) mass is 605 g/mol. The Morgan fingerprint density at radius 3 is 2.22 bits per heavy atom. The summed E-state index contributed by atoms with van der Waals surface area (Å²) in [7, 11) is -6.03. The molecule has 6 atom stereocenters. The first kappa shape index (κ1) is 28.7. The highest BCUT2D eigenvalue weighted by molar-refractivity contribution is 7.86. The number of hydrogen-bond acceptors (Lipinski definition) is 12. The van der Waals surface area contributed by atoms with Crippen molar-refractivity contribution >= 4 is 34.0 Å². The molecule has 1 heterocycles. The molecule has 0 amide bonds. The van der Waals surface area contributed by atoms with Crippen molar-refractivity contribution in [3.63, 3.8) is 0 Å². The van der Waals surface area contributed by atoms with Gasteiger partial charge in [-0.3, -0.25) is 9.59 Å². The smallest absolute Gasteiger partial charge is 0.367 e. The van der Waals surface area contributed by atoms with Crippen LogP contribution in [0.25, 0.3) is 0 Å². The van der Waals surface area contributed by atoms with Crippen LogP contribution in [-0.4, -0.2) is 79.7 Å². The Morgan fingerprint density at radius 1 is 1.00 bits per heavy atom. The molecule has 0 aromatic heterocycles. The van der Waals surface area contributed by atoms with Crippen molar-refractivity contribution in [3.05, 3.63) is 0 Å². The third kappa shape index (κ3) is 4.81. The fourth-order valence-corrected chi connectivity index (χ4v) is 8.93. The molecule has 6 aliphatic carbocycles. The molecule has 0 aromatic rings. The average molecular weight is 606 g/mol. The van der Waals surface area contributed by atoms with Gasteiger partial charge in [-0.25, -0.2) is 18.0 Å². The van der Waals surface area contributed by atoms with E-state index in [0.29, 0.717) is 18.3 Å². The minimum Gasteiger partial charge on any atom is -0.743 e. The zero-order chi connectivity index (χ0) is 29.5. The third-order valence-corrected chi connectivity index (χ3v) is 11.2. The summed E-state index contributed by atoms with van der Waals surface area (Å²) >= 11 is 0. The quantitative estimate of drug-likeness (QED) is 0.198. The van der Waals surface area contributed by atoms with Gasteiger partial charge in [0.2, 0.25) is 0 Å². The molecule has 6 unspecified atom stereocenters. The topological polar surface area (TPSA) is 172 Å². The molecule has 12 nitrogen and oxygen atoms in total. The Kier molecular flexibility index (Phi) is 6.89. The predicted octanol–water partition coefficient (Wildman–Crippen LogP) is 1.16. The molecule has 7 fully saturated rings. The van der Waals surface area contributed by atoms with E-state index in [-0.39, 0.29) is 17.8 Å². The van der Waals surface area contributed by atoms with Gasteiger partial charge in [0.1, 0.15) is 31.0 Å². The maximum absolute atomic E-state index is 13.7. The van der Waals surface area contributed by atoms with Crippen molar-refractivity contribution in [2.24, 2.45) is 47.3 Å². The lowest BCUT2D eigenvalue weighted by molar-refractivity contribution is -0.211. The Morgan fingerprint density at radius 2 is 1.61 bits per heavy atom. The Bertz CT molecular complexity index is 1220. The summed E-state index contributed by atoms with van der Waals surface area (Å²) in [4.78, 5) is 50.4. The van der Waals surface area contributed by atoms with Crippen LogP contribution in [0.2, 0.25) is 0 Å². The number of alkyl halides is 2. The number of ether oxygens (including phenoxy) is 5. The van der Waals surface area contributed by atoms with E-state index in [9.17, 15) is 40.9 Å². The zero-order valence-electron chi connectivity index (χ0n) is 22.2. The van der Waals surface area contributed by atoms with Crippen LogP contribution in [0.3, 0.4) is 0 Å². The van der Waals surface area contributed by atoms with Crippen LogP contribution < -0.4 is 0 Å². The van der Waals surface area contributed by atoms with Crippen LogP contribution in [-0.2, 0) is 53.0 Å². The highest BCUT2D eigenvalue weighted by atomic mass is 32.2. The van der Waals surface area contributed by atoms with Gasteiger partial charge in [0.25, 0.3) is 0 Å². The molecule has 228 valence electrons. The van der Waals surface area contributed by atoms with Crippen molar-refractivity contribution in [1.82, 2.24) is 0 Å². The standard InChI is InChI=1S/C26H32F2O12S/c1-25(13-3-11-2-12(5-13)6-14(25)4-11)40-24(32)20-16-7-15-19(20)23(31)39-22(15)21(16)38-18(30)9-36-8-17(29)37-10-26(27,28)41(33,34)35/h11-16,19-22H,2-10H2,1H3,(H,33,34,35)/p-1. The van der Waals surface area contributed by atoms with Gasteiger partial charge in [-0.05, 0) is 69.1 Å². The van der Waals surface area contributed by atoms with Crippen molar-refractivity contribution in [2.45, 2.75) is 68.5 Å². The van der Waals surface area contributed by atoms with E-state index in [2.05, 4.69) is 4.74 Å². The van der Waals surface area contributed by atoms with Crippen LogP contribution in [0, 0.1) is 47.3 Å². The molecule has 0 radical (unpaired) electrons. The van der Waals surface area contributed by atoms with Crippen LogP contribution in [0.1, 0.15) is 45.4 Å². The van der Waals surface area contributed by atoms with Crippen LogP contribution in [0.15, 0.2) is 0 Å². The fourth-order valence-electron chi connectivity index (χ4n) is 8.72. The largest absolute Gasteiger partial charge is 0.743 e. The molecule has 1 aliphatic heterocycles. The second-order valence-corrected chi connectivity index (χ2v) is 14.1. The number of fused-ring (bicyclic) bond motifs is 1. The molecule has 15 heteroatoms. The highest BCUT2D eigenvalue weighted by Crippen LogP contribution is 2.62. The first-order chi connectivity index (χ1) is 19.2. The Hall–Kier alpha value is -2.39. The predicted molar refractivity (Wildman–Crippen MR) is 126 cm³/mol. The molecule has 6 bridgehead atoms. The lowest BCUT2D eigenvalue weighted by Crippen LogP contribution is -2.59. The first-order valence-electron chi connectivity index (χ1n) is 13.9. The van der Waals surface area contributed by atoms with E-state index < -0.39 is 94.6 Å². The molecule has 7 aliphatic rings. The first-order valence-corrected chi connectivity index (χ1v) is 15.3. The average Bonchev–Trinajstić information content (AvgIpc) is 3.49. The Labute approximate surface area is 234 Å². The number of carbonyl (C=O) groups excluding carboxylic acids is 4. The summed E-state index contributed by atoms with van der Waals surface area (Å²) in [6.45, 7) is -1.79. The van der Waals surface area contributed by atoms with Gasteiger partial charge in [0, 0.05) is 11.8 Å². The summed E-state index contributed by atoms with van der Waals surface area (Å²) in [6, 6.07) is 0. The van der Waals surface area contributed by atoms with E-state index in [1.165, 1.54) is 6.42 Å². The number of halogens is 2. The summed E-state index contributed by atoms with van der Waals surface area (Å²) in [5, 5.41) is -4.81. The molecule has 7 rings (SSSR count). The second kappa shape index (κ2) is 9.83. The number of rotatable bonds is 10. The maximum atomic E-state index is 13.7. The van der Waals surface area contributed by atoms with Gasteiger partial charge in [0.15, 0.2) is 16.7 Å². The normalized spacial score (nSPS) is 41.8. The van der Waals surface area contributed by atoms with Crippen molar-refractivity contribution in [1.29, 1.82) is 0 Å². The summed E-state index contributed by atoms with van der Waals surface area (Å²) in [5.74, 6) is -3.71. The molecule has 0 aromatic carbocycles. The number of esters is 4. The lowest BCUT2D eigenvalue weighted by Gasteiger charge is -2.59. The van der Waals surface area contributed by atoms with E-state index in [4.69, 9.17) is 18.9 Å². The van der Waals surface area contributed by atoms with Gasteiger partial charge in [-0.1, -0.05) is 0 Å². The maximum Gasteiger partial charge on any atom is 0.367 e. The number of carbonyl (C=O) groups is 4. The lowest BCUT2D eigenvalue weighted by atomic mass is 9.50. The SMILES string of the molecule is CC1(OC(=O)C2C3CC4C(OC(=O)C42)C3OC(=O)COCC(=O)OCC(F)(F)S(=O)(=O)[O-])C2CC3CC(C2)CC1C3. The van der Waals surface area contributed by atoms with Gasteiger partial charge in [0.05, 0.1) is 11.8 Å². The highest BCUT2D eigenvalue weighted by Gasteiger charge is 2.71. The van der Waals surface area contributed by atoms with Gasteiger partial charge in [-0.2, -0.15) is 8.78 Å². The second-order valence-electron chi connectivity index (χ2n) is 12.6.